The van der Waals surface area contributed by atoms with E-state index in [4.69, 9.17) is 29.0 Å². The summed E-state index contributed by atoms with van der Waals surface area (Å²) < 4.78 is 38.1. The number of ether oxygens (including phenoxy) is 3. The van der Waals surface area contributed by atoms with Crippen LogP contribution < -0.4 is 16.4 Å². The zero-order valence-electron chi connectivity index (χ0n) is 37.7. The Morgan fingerprint density at radius 1 is 0.559 bits per heavy atom. The lowest BCUT2D eigenvalue weighted by molar-refractivity contribution is -0.368. The van der Waals surface area contributed by atoms with Crippen LogP contribution >= 0.6 is 7.82 Å². The predicted molar refractivity (Wildman–Crippen MR) is 232 cm³/mol. The summed E-state index contributed by atoms with van der Waals surface area (Å²) in [4.78, 5) is 49.8. The van der Waals surface area contributed by atoms with Gasteiger partial charge in [0, 0.05) is 12.8 Å². The van der Waals surface area contributed by atoms with Crippen molar-refractivity contribution in [3.05, 3.63) is 0 Å². The molecule has 0 heterocycles. The zero-order chi connectivity index (χ0) is 43.7. The molecule has 0 aromatic heterocycles. The number of phosphoric acid groups is 1. The van der Waals surface area contributed by atoms with Crippen molar-refractivity contribution in [3.63, 3.8) is 0 Å². The van der Waals surface area contributed by atoms with Crippen molar-refractivity contribution < 1.29 is 57.9 Å². The third kappa shape index (κ3) is 40.2. The lowest BCUT2D eigenvalue weighted by Gasteiger charge is -2.26. The number of carbonyl (C=O) groups excluding carboxylic acids is 3. The predicted octanol–water partition coefficient (Wildman–Crippen LogP) is 8.94. The van der Waals surface area contributed by atoms with Crippen LogP contribution in [-0.4, -0.2) is 74.2 Å². The number of nitrogens with two attached hydrogens (primary N) is 1. The van der Waals surface area contributed by atoms with Crippen molar-refractivity contribution in [1.82, 2.24) is 0 Å². The number of esters is 3. The van der Waals surface area contributed by atoms with Gasteiger partial charge in [-0.15, -0.1) is 0 Å². The molecule has 6 N–H and O–H groups in total. The molecule has 350 valence electrons. The topological polar surface area (TPSA) is 211 Å². The van der Waals surface area contributed by atoms with Crippen molar-refractivity contribution >= 4 is 25.7 Å². The van der Waals surface area contributed by atoms with Gasteiger partial charge >= 0.3 is 17.9 Å². The smallest absolute Gasteiger partial charge is 0.322 e. The number of carbonyl (C=O) groups is 3. The molecule has 59 heavy (non-hydrogen) atoms. The third-order valence-corrected chi connectivity index (χ3v) is 11.5. The monoisotopic (exact) mass is 865 g/mol. The normalized spacial score (nSPS) is 14.1. The van der Waals surface area contributed by atoms with E-state index in [1.807, 2.05) is 0 Å². The van der Waals surface area contributed by atoms with Crippen LogP contribution in [0.25, 0.3) is 0 Å². The van der Waals surface area contributed by atoms with Crippen LogP contribution in [0.15, 0.2) is 0 Å². The van der Waals surface area contributed by atoms with Crippen LogP contribution in [0.3, 0.4) is 0 Å². The molecule has 0 aromatic rings. The van der Waals surface area contributed by atoms with E-state index in [1.165, 1.54) is 122 Å². The first kappa shape index (κ1) is 57.4. The van der Waals surface area contributed by atoms with Crippen molar-refractivity contribution in [2.24, 2.45) is 5.73 Å². The number of hydrogen-bond acceptors (Lipinski definition) is 12. The average Bonchev–Trinajstić information content (AvgIpc) is 3.22. The number of rotatable bonds is 45. The molecule has 14 heteroatoms. The summed E-state index contributed by atoms with van der Waals surface area (Å²) >= 11 is 0. The molecule has 13 nitrogen and oxygen atoms in total. The molecule has 0 spiro atoms. The lowest BCUT2D eigenvalue weighted by Crippen LogP contribution is -2.50. The quantitative estimate of drug-likeness (QED) is 0.0227. The van der Waals surface area contributed by atoms with Gasteiger partial charge in [-0.25, -0.2) is 0 Å². The fourth-order valence-corrected chi connectivity index (χ4v) is 7.53. The molecule has 0 aliphatic carbocycles. The highest BCUT2D eigenvalue weighted by Gasteiger charge is 2.23. The van der Waals surface area contributed by atoms with E-state index in [2.05, 4.69) is 19.6 Å². The molecule has 0 amide bonds. The van der Waals surface area contributed by atoms with Crippen LogP contribution in [0.1, 0.15) is 219 Å². The van der Waals surface area contributed by atoms with Gasteiger partial charge in [0.1, 0.15) is 25.4 Å². The molecular weight excluding hydrogens is 775 g/mol. The van der Waals surface area contributed by atoms with Gasteiger partial charge in [0.25, 0.3) is 7.82 Å². The van der Waals surface area contributed by atoms with E-state index in [1.54, 1.807) is 0 Å². The van der Waals surface area contributed by atoms with Crippen molar-refractivity contribution in [1.29, 1.82) is 0 Å². The summed E-state index contributed by atoms with van der Waals surface area (Å²) in [6.07, 6.45) is 31.8. The van der Waals surface area contributed by atoms with Gasteiger partial charge in [-0.3, -0.25) is 18.9 Å². The van der Waals surface area contributed by atoms with Gasteiger partial charge in [-0.2, -0.15) is 0 Å². The second-order valence-corrected chi connectivity index (χ2v) is 17.8. The van der Waals surface area contributed by atoms with E-state index >= 15 is 0 Å². The number of aliphatic hydroxyl groups excluding tert-OH is 1. The Bertz CT molecular complexity index is 1040. The maximum absolute atomic E-state index is 12.7. The van der Waals surface area contributed by atoms with Crippen LogP contribution in [0.4, 0.5) is 0 Å². The third-order valence-electron chi connectivity index (χ3n) is 10.5. The Morgan fingerprint density at radius 2 is 0.966 bits per heavy atom. The van der Waals surface area contributed by atoms with E-state index < -0.39 is 63.8 Å². The molecule has 0 rings (SSSR count). The zero-order valence-corrected chi connectivity index (χ0v) is 38.6. The van der Waals surface area contributed by atoms with Crippen LogP contribution in [0.2, 0.25) is 0 Å². The van der Waals surface area contributed by atoms with Crippen LogP contribution in [0, 0.1) is 0 Å². The summed E-state index contributed by atoms with van der Waals surface area (Å²) in [6.45, 7) is 2.95. The summed E-state index contributed by atoms with van der Waals surface area (Å²) in [7, 11) is -4.99. The van der Waals surface area contributed by atoms with E-state index in [9.17, 15) is 28.9 Å². The number of unbranched alkanes of at least 4 members (excludes halogenated alkanes) is 26. The fourth-order valence-electron chi connectivity index (χ4n) is 6.75. The molecule has 0 saturated carbocycles. The standard InChI is InChI=1S/C45H89N2O11P/c1-3-5-7-9-11-13-15-17-18-19-21-23-25-27-29-34-44(50)58-41(38-54-43(49)33-28-26-24-22-20-16-14-12-10-8-6-4-2)39-57-59(52,53)56-37-40(48)36-55-45(51)42(47)32-30-31-35-46/h40-42,48H,3-39,46-47H2,1-2H3,(H,52,53). The molecular formula is C45H89N2O11P. The number of aliphatic hydroxyl groups is 1. The first-order valence-corrected chi connectivity index (χ1v) is 25.3. The summed E-state index contributed by atoms with van der Waals surface area (Å²) in [6, 6.07) is -0.860. The van der Waals surface area contributed by atoms with Gasteiger partial charge in [0.2, 0.25) is 0 Å². The molecule has 0 aliphatic heterocycles. The molecule has 0 radical (unpaired) electrons. The second kappa shape index (κ2) is 41.7. The number of phosphoric ester groups is 1. The number of quaternary nitrogens is 1. The summed E-state index contributed by atoms with van der Waals surface area (Å²) in [5.41, 5.74) is 9.53. The molecule has 0 fully saturated rings. The molecule has 0 saturated heterocycles. The Morgan fingerprint density at radius 3 is 1.41 bits per heavy atom. The lowest BCUT2D eigenvalue weighted by atomic mass is 10.0. The van der Waals surface area contributed by atoms with Crippen LogP contribution in [-0.2, 0) is 42.2 Å². The molecule has 0 aromatic carbocycles. The van der Waals surface area contributed by atoms with Gasteiger partial charge in [-0.05, 0) is 32.1 Å². The molecule has 0 bridgehead atoms. The van der Waals surface area contributed by atoms with E-state index in [-0.39, 0.29) is 19.4 Å². The second-order valence-electron chi connectivity index (χ2n) is 16.4. The van der Waals surface area contributed by atoms with E-state index in [0.717, 1.165) is 51.5 Å². The Balaban J connectivity index is 4.63. The van der Waals surface area contributed by atoms with Gasteiger partial charge < -0.3 is 44.7 Å². The minimum absolute atomic E-state index is 0.150. The highest BCUT2D eigenvalue weighted by atomic mass is 31.2. The highest BCUT2D eigenvalue weighted by molar-refractivity contribution is 7.45. The Hall–Kier alpha value is -1.60. The molecule has 4 atom stereocenters. The van der Waals surface area contributed by atoms with E-state index in [0.29, 0.717) is 25.7 Å². The summed E-state index contributed by atoms with van der Waals surface area (Å²) in [5.74, 6) is -1.70. The largest absolute Gasteiger partial charge is 0.756 e. The van der Waals surface area contributed by atoms with Crippen LogP contribution in [0.5, 0.6) is 0 Å². The van der Waals surface area contributed by atoms with Gasteiger partial charge in [-0.1, -0.05) is 174 Å². The Kier molecular flexibility index (Phi) is 40.6. The van der Waals surface area contributed by atoms with Crippen molar-refractivity contribution in [2.75, 3.05) is 33.0 Å². The Labute approximate surface area is 359 Å². The maximum atomic E-state index is 12.7. The highest BCUT2D eigenvalue weighted by Crippen LogP contribution is 2.38. The SMILES string of the molecule is CCCCCCCCCCCCCCCCCC(=O)OC(COC(=O)CCCCCCCCCCCCCC)COP(=O)([O-])OCC(O)COC(=O)C(N)CCCC[NH3+]. The first-order chi connectivity index (χ1) is 28.5. The van der Waals surface area contributed by atoms with Gasteiger partial charge in [0.05, 0.1) is 19.8 Å². The minimum Gasteiger partial charge on any atom is -0.756 e. The average molecular weight is 865 g/mol. The van der Waals surface area contributed by atoms with Crippen molar-refractivity contribution in [3.8, 4) is 0 Å². The maximum Gasteiger partial charge on any atom is 0.322 e. The van der Waals surface area contributed by atoms with Gasteiger partial charge in [0.15, 0.2) is 6.10 Å². The fraction of sp³-hybridized carbons (Fsp3) is 0.933. The van der Waals surface area contributed by atoms with Crippen molar-refractivity contribution in [2.45, 2.75) is 238 Å². The molecule has 0 aliphatic rings. The first-order valence-electron chi connectivity index (χ1n) is 23.9. The minimum atomic E-state index is -4.99. The number of hydrogen-bond donors (Lipinski definition) is 3. The summed E-state index contributed by atoms with van der Waals surface area (Å²) in [5, 5.41) is 10.1. The molecule has 4 unspecified atom stereocenters.